The van der Waals surface area contributed by atoms with Gasteiger partial charge in [-0.15, -0.1) is 0 Å². The van der Waals surface area contributed by atoms with Gasteiger partial charge in [-0.1, -0.05) is 40.1 Å². The zero-order chi connectivity index (χ0) is 19.9. The van der Waals surface area contributed by atoms with Crippen molar-refractivity contribution in [3.05, 3.63) is 24.3 Å². The highest BCUT2D eigenvalue weighted by Gasteiger charge is 2.30. The third-order valence-electron chi connectivity index (χ3n) is 4.87. The van der Waals surface area contributed by atoms with E-state index in [0.717, 1.165) is 19.3 Å². The maximum Gasteiger partial charge on any atom is 0.306 e. The number of esters is 1. The smallest absolute Gasteiger partial charge is 0.306 e. The Balaban J connectivity index is 1.48. The van der Waals surface area contributed by atoms with Crippen molar-refractivity contribution in [2.45, 2.75) is 56.7 Å². The minimum Gasteiger partial charge on any atom is -0.456 e. The number of hydrogen-bond donors (Lipinski definition) is 1. The first kappa shape index (κ1) is 21.0. The van der Waals surface area contributed by atoms with Gasteiger partial charge in [-0.3, -0.25) is 14.4 Å². The van der Waals surface area contributed by atoms with E-state index in [0.29, 0.717) is 23.0 Å². The average Bonchev–Trinajstić information content (AvgIpc) is 3.14. The van der Waals surface area contributed by atoms with Crippen LogP contribution in [-0.2, 0) is 19.1 Å². The summed E-state index contributed by atoms with van der Waals surface area (Å²) >= 11 is 0. The van der Waals surface area contributed by atoms with Gasteiger partial charge < -0.3 is 15.0 Å². The van der Waals surface area contributed by atoms with Crippen molar-refractivity contribution in [3.8, 4) is 0 Å². The number of rotatable bonds is 7. The Morgan fingerprint density at radius 1 is 1.29 bits per heavy atom. The Morgan fingerprint density at radius 3 is 2.89 bits per heavy atom. The second-order valence-electron chi connectivity index (χ2n) is 7.12. The van der Waals surface area contributed by atoms with E-state index in [9.17, 15) is 14.4 Å². The summed E-state index contributed by atoms with van der Waals surface area (Å²) < 4.78 is 5.22. The van der Waals surface area contributed by atoms with Crippen LogP contribution < -0.4 is 10.2 Å². The first-order chi connectivity index (χ1) is 13.5. The van der Waals surface area contributed by atoms with Crippen LogP contribution in [0.1, 0.15) is 45.4 Å². The van der Waals surface area contributed by atoms with E-state index in [1.54, 1.807) is 23.1 Å². The molecule has 2 heterocycles. The van der Waals surface area contributed by atoms with E-state index in [4.69, 9.17) is 4.74 Å². The van der Waals surface area contributed by atoms with Gasteiger partial charge in [0.15, 0.2) is 6.61 Å². The van der Waals surface area contributed by atoms with Crippen molar-refractivity contribution in [1.82, 2.24) is 0 Å². The molecule has 1 aromatic carbocycles. The molecule has 0 radical (unpaired) electrons. The summed E-state index contributed by atoms with van der Waals surface area (Å²) in [4.78, 5) is 38.3. The number of fused-ring (bicyclic) bond motifs is 1. The van der Waals surface area contributed by atoms with Gasteiger partial charge in [0.2, 0.25) is 5.91 Å². The van der Waals surface area contributed by atoms with Crippen LogP contribution in [0.4, 0.5) is 11.4 Å². The molecule has 0 aromatic heterocycles. The number of carbonyl (C=O) groups excluding carboxylic acids is 3. The summed E-state index contributed by atoms with van der Waals surface area (Å²) in [5, 5.41) is 3.53. The lowest BCUT2D eigenvalue weighted by molar-refractivity contribution is -0.148. The highest BCUT2D eigenvalue weighted by atomic mass is 33.1. The van der Waals surface area contributed by atoms with E-state index in [2.05, 4.69) is 5.32 Å². The fourth-order valence-electron chi connectivity index (χ4n) is 3.46. The van der Waals surface area contributed by atoms with Crippen LogP contribution in [0.15, 0.2) is 24.3 Å². The van der Waals surface area contributed by atoms with E-state index < -0.39 is 0 Å². The van der Waals surface area contributed by atoms with E-state index >= 15 is 0 Å². The van der Waals surface area contributed by atoms with Crippen molar-refractivity contribution in [2.75, 3.05) is 22.6 Å². The molecule has 1 saturated heterocycles. The maximum absolute atomic E-state index is 12.7. The average molecular weight is 423 g/mol. The Bertz CT molecular complexity index is 722. The molecule has 28 heavy (non-hydrogen) atoms. The summed E-state index contributed by atoms with van der Waals surface area (Å²) in [6, 6.07) is 6.86. The second kappa shape index (κ2) is 10.2. The van der Waals surface area contributed by atoms with Gasteiger partial charge in [0, 0.05) is 29.9 Å². The fourth-order valence-corrected chi connectivity index (χ4v) is 6.49. The molecule has 2 aliphatic heterocycles. The number of nitrogens with zero attached hydrogens (tertiary/aromatic N) is 1. The normalized spacial score (nSPS) is 21.6. The summed E-state index contributed by atoms with van der Waals surface area (Å²) in [5.41, 5.74) is 1.23. The Kier molecular flexibility index (Phi) is 7.67. The first-order valence-electron chi connectivity index (χ1n) is 9.69. The molecule has 2 atom stereocenters. The predicted octanol–water partition coefficient (Wildman–Crippen LogP) is 4.01. The molecule has 2 amide bonds. The zero-order valence-corrected chi connectivity index (χ0v) is 17.7. The lowest BCUT2D eigenvalue weighted by atomic mass is 10.1. The number of hydrogen-bond acceptors (Lipinski definition) is 6. The van der Waals surface area contributed by atoms with Crippen LogP contribution in [0.2, 0.25) is 0 Å². The molecular weight excluding hydrogens is 396 g/mol. The lowest BCUT2D eigenvalue weighted by Gasteiger charge is -2.27. The number of carbonyl (C=O) groups is 3. The topological polar surface area (TPSA) is 75.7 Å². The molecule has 152 valence electrons. The largest absolute Gasteiger partial charge is 0.456 e. The number of anilines is 2. The third-order valence-corrected chi connectivity index (χ3v) is 7.88. The van der Waals surface area contributed by atoms with Crippen LogP contribution in [-0.4, -0.2) is 41.4 Å². The number of benzene rings is 1. The molecule has 0 spiro atoms. The lowest BCUT2D eigenvalue weighted by Crippen LogP contribution is -2.41. The summed E-state index contributed by atoms with van der Waals surface area (Å²) in [7, 11) is 3.87. The van der Waals surface area contributed by atoms with Crippen molar-refractivity contribution >= 4 is 50.7 Å². The summed E-state index contributed by atoms with van der Waals surface area (Å²) in [6.45, 7) is 1.52. The number of unbranched alkanes of at least 4 members (excludes halogenated alkanes) is 1. The van der Waals surface area contributed by atoms with Crippen LogP contribution in [0.3, 0.4) is 0 Å². The Labute approximate surface area is 173 Å². The van der Waals surface area contributed by atoms with Gasteiger partial charge in [0.1, 0.15) is 0 Å². The van der Waals surface area contributed by atoms with E-state index in [1.807, 2.05) is 34.6 Å². The molecular formula is C20H26N2O4S2. The van der Waals surface area contributed by atoms with Crippen LogP contribution in [0.25, 0.3) is 0 Å². The molecule has 0 aliphatic carbocycles. The molecule has 0 saturated carbocycles. The quantitative estimate of drug-likeness (QED) is 0.407. The van der Waals surface area contributed by atoms with Gasteiger partial charge in [-0.2, -0.15) is 0 Å². The van der Waals surface area contributed by atoms with Crippen molar-refractivity contribution in [1.29, 1.82) is 0 Å². The molecule has 0 bridgehead atoms. The van der Waals surface area contributed by atoms with Gasteiger partial charge in [-0.25, -0.2) is 0 Å². The number of para-hydroxylation sites is 2. The van der Waals surface area contributed by atoms with Gasteiger partial charge in [0.05, 0.1) is 11.4 Å². The minimum absolute atomic E-state index is 0.133. The monoisotopic (exact) mass is 422 g/mol. The number of amides is 2. The molecule has 1 N–H and O–H groups in total. The number of nitrogens with one attached hydrogen (secondary N) is 1. The molecule has 1 aromatic rings. The van der Waals surface area contributed by atoms with Gasteiger partial charge >= 0.3 is 5.97 Å². The maximum atomic E-state index is 12.7. The van der Waals surface area contributed by atoms with Gasteiger partial charge in [-0.05, 0) is 38.3 Å². The highest BCUT2D eigenvalue weighted by Crippen LogP contribution is 2.39. The molecule has 1 fully saturated rings. The third kappa shape index (κ3) is 5.67. The second-order valence-corrected chi connectivity index (χ2v) is 9.91. The Morgan fingerprint density at radius 2 is 2.11 bits per heavy atom. The SMILES string of the molecule is C[C@H]1CC(=O)Nc2ccccc2N1C(=O)COC(=O)CCCC[C@@H]1CCSS1. The molecule has 8 heteroatoms. The Hall–Kier alpha value is -1.67. The summed E-state index contributed by atoms with van der Waals surface area (Å²) in [6.07, 6.45) is 4.71. The fraction of sp³-hybridized carbons (Fsp3) is 0.550. The van der Waals surface area contributed by atoms with E-state index in [1.165, 1.54) is 12.2 Å². The molecule has 0 unspecified atom stereocenters. The standard InChI is InChI=1S/C20H26N2O4S2/c1-14-12-18(23)21-16-7-3-4-8-17(16)22(14)19(24)13-26-20(25)9-5-2-6-15-10-11-27-28-15/h3-4,7-8,14-15H,2,5-6,9-13H2,1H3,(H,21,23)/t14-,15+/m0/s1. The molecule has 2 aliphatic rings. The zero-order valence-electron chi connectivity index (χ0n) is 16.0. The van der Waals surface area contributed by atoms with Crippen LogP contribution in [0.5, 0.6) is 0 Å². The first-order valence-corrected chi connectivity index (χ1v) is 12.1. The van der Waals surface area contributed by atoms with Crippen molar-refractivity contribution in [2.24, 2.45) is 0 Å². The predicted molar refractivity (Wildman–Crippen MR) is 115 cm³/mol. The van der Waals surface area contributed by atoms with Crippen molar-refractivity contribution in [3.63, 3.8) is 0 Å². The van der Waals surface area contributed by atoms with Gasteiger partial charge in [0.25, 0.3) is 5.91 Å². The number of ether oxygens (including phenoxy) is 1. The van der Waals surface area contributed by atoms with E-state index in [-0.39, 0.29) is 36.9 Å². The summed E-state index contributed by atoms with van der Waals surface area (Å²) in [5.74, 6) is 0.431. The molecule has 6 nitrogen and oxygen atoms in total. The van der Waals surface area contributed by atoms with Crippen molar-refractivity contribution < 1.29 is 19.1 Å². The molecule has 3 rings (SSSR count). The van der Waals surface area contributed by atoms with Crippen LogP contribution in [0, 0.1) is 0 Å². The minimum atomic E-state index is -0.341. The van der Waals surface area contributed by atoms with Crippen LogP contribution >= 0.6 is 21.6 Å². The highest BCUT2D eigenvalue weighted by molar-refractivity contribution is 8.77.